The maximum Gasteiger partial charge on any atom is 0.193 e. The van der Waals surface area contributed by atoms with Crippen LogP contribution in [-0.2, 0) is 4.74 Å². The molecule has 2 rings (SSSR count). The molecule has 0 aromatic carbocycles. The maximum absolute atomic E-state index is 5.25. The first-order valence-electron chi connectivity index (χ1n) is 7.36. The van der Waals surface area contributed by atoms with Crippen LogP contribution >= 0.6 is 24.0 Å². The first kappa shape index (κ1) is 18.0. The molecule has 2 aliphatic rings. The van der Waals surface area contributed by atoms with Crippen molar-refractivity contribution in [2.45, 2.75) is 12.8 Å². The van der Waals surface area contributed by atoms with Crippen molar-refractivity contribution >= 4 is 29.9 Å². The van der Waals surface area contributed by atoms with Gasteiger partial charge in [0.15, 0.2) is 5.96 Å². The zero-order chi connectivity index (χ0) is 13.7. The van der Waals surface area contributed by atoms with Gasteiger partial charge in [-0.25, -0.2) is 0 Å². The number of ether oxygens (including phenoxy) is 1. The Morgan fingerprint density at radius 3 is 2.60 bits per heavy atom. The summed E-state index contributed by atoms with van der Waals surface area (Å²) in [7, 11) is 5.86. The van der Waals surface area contributed by atoms with Crippen molar-refractivity contribution in [2.75, 3.05) is 60.5 Å². The van der Waals surface area contributed by atoms with E-state index in [0.29, 0.717) is 5.92 Å². The molecule has 0 aromatic rings. The maximum atomic E-state index is 5.25. The summed E-state index contributed by atoms with van der Waals surface area (Å²) in [6.45, 7) is 6.50. The predicted molar refractivity (Wildman–Crippen MR) is 93.9 cm³/mol. The molecule has 0 radical (unpaired) electrons. The molecular formula is C14H29IN4O. The van der Waals surface area contributed by atoms with E-state index in [1.807, 2.05) is 7.05 Å². The van der Waals surface area contributed by atoms with Crippen LogP contribution in [0.1, 0.15) is 12.8 Å². The monoisotopic (exact) mass is 396 g/mol. The SMILES string of the molecule is CN=C(NCC1CCN(C)C1)N1CCC(COC)C1.I. The molecule has 0 bridgehead atoms. The van der Waals surface area contributed by atoms with Crippen LogP contribution in [0.4, 0.5) is 0 Å². The fourth-order valence-electron chi connectivity index (χ4n) is 3.16. The van der Waals surface area contributed by atoms with Gasteiger partial charge < -0.3 is 19.9 Å². The summed E-state index contributed by atoms with van der Waals surface area (Å²) in [5.41, 5.74) is 0. The molecule has 118 valence electrons. The van der Waals surface area contributed by atoms with Crippen LogP contribution in [0.2, 0.25) is 0 Å². The second-order valence-electron chi connectivity index (χ2n) is 5.90. The van der Waals surface area contributed by atoms with E-state index >= 15 is 0 Å². The van der Waals surface area contributed by atoms with Gasteiger partial charge in [0.1, 0.15) is 0 Å². The van der Waals surface area contributed by atoms with Gasteiger partial charge in [-0.3, -0.25) is 4.99 Å². The third-order valence-electron chi connectivity index (χ3n) is 4.24. The lowest BCUT2D eigenvalue weighted by atomic mass is 10.1. The molecule has 0 aromatic heterocycles. The Bertz CT molecular complexity index is 314. The van der Waals surface area contributed by atoms with Gasteiger partial charge in [-0.2, -0.15) is 0 Å². The number of rotatable bonds is 4. The molecule has 2 saturated heterocycles. The molecule has 2 fully saturated rings. The first-order chi connectivity index (χ1) is 9.22. The highest BCUT2D eigenvalue weighted by atomic mass is 127. The summed E-state index contributed by atoms with van der Waals surface area (Å²) in [6, 6.07) is 0. The smallest absolute Gasteiger partial charge is 0.193 e. The highest BCUT2D eigenvalue weighted by Crippen LogP contribution is 2.17. The quantitative estimate of drug-likeness (QED) is 0.439. The fourth-order valence-corrected chi connectivity index (χ4v) is 3.16. The molecule has 1 N–H and O–H groups in total. The first-order valence-corrected chi connectivity index (χ1v) is 7.36. The van der Waals surface area contributed by atoms with Gasteiger partial charge in [-0.05, 0) is 32.4 Å². The lowest BCUT2D eigenvalue weighted by Gasteiger charge is -2.23. The zero-order valence-corrected chi connectivity index (χ0v) is 15.3. The standard InChI is InChI=1S/C14H28N4O.HI/c1-15-14(16-8-12-4-6-17(2)9-12)18-7-5-13(10-18)11-19-3;/h12-13H,4-11H2,1-3H3,(H,15,16);1H. The molecule has 0 saturated carbocycles. The van der Waals surface area contributed by atoms with Crippen LogP contribution in [0.5, 0.6) is 0 Å². The number of guanidine groups is 1. The molecule has 2 atom stereocenters. The minimum Gasteiger partial charge on any atom is -0.384 e. The van der Waals surface area contributed by atoms with E-state index in [1.165, 1.54) is 25.9 Å². The number of hydrogen-bond acceptors (Lipinski definition) is 3. The number of nitrogens with zero attached hydrogens (tertiary/aromatic N) is 3. The Morgan fingerprint density at radius 2 is 2.00 bits per heavy atom. The molecule has 2 heterocycles. The zero-order valence-electron chi connectivity index (χ0n) is 13.0. The van der Waals surface area contributed by atoms with Crippen molar-refractivity contribution in [3.63, 3.8) is 0 Å². The highest BCUT2D eigenvalue weighted by molar-refractivity contribution is 14.0. The average Bonchev–Trinajstić information content (AvgIpc) is 3.01. The van der Waals surface area contributed by atoms with E-state index < -0.39 is 0 Å². The van der Waals surface area contributed by atoms with Gasteiger partial charge in [-0.15, -0.1) is 24.0 Å². The lowest BCUT2D eigenvalue weighted by molar-refractivity contribution is 0.157. The van der Waals surface area contributed by atoms with Crippen LogP contribution in [-0.4, -0.2) is 76.3 Å². The molecule has 2 aliphatic heterocycles. The minimum absolute atomic E-state index is 0. The Balaban J connectivity index is 0.00000200. The van der Waals surface area contributed by atoms with Crippen LogP contribution in [0.3, 0.4) is 0 Å². The lowest BCUT2D eigenvalue weighted by Crippen LogP contribution is -2.42. The molecule has 6 heteroatoms. The van der Waals surface area contributed by atoms with E-state index in [0.717, 1.165) is 38.1 Å². The highest BCUT2D eigenvalue weighted by Gasteiger charge is 2.26. The Hall–Kier alpha value is -0.0800. The van der Waals surface area contributed by atoms with Crippen LogP contribution in [0.25, 0.3) is 0 Å². The summed E-state index contributed by atoms with van der Waals surface area (Å²) >= 11 is 0. The van der Waals surface area contributed by atoms with Crippen molar-refractivity contribution < 1.29 is 4.74 Å². The second-order valence-corrected chi connectivity index (χ2v) is 5.90. The number of likely N-dealkylation sites (tertiary alicyclic amines) is 2. The molecule has 20 heavy (non-hydrogen) atoms. The van der Waals surface area contributed by atoms with Crippen molar-refractivity contribution in [2.24, 2.45) is 16.8 Å². The molecule has 0 spiro atoms. The van der Waals surface area contributed by atoms with E-state index in [-0.39, 0.29) is 24.0 Å². The predicted octanol–water partition coefficient (Wildman–Crippen LogP) is 1.10. The number of methoxy groups -OCH3 is 1. The van der Waals surface area contributed by atoms with E-state index in [4.69, 9.17) is 4.74 Å². The number of halogens is 1. The van der Waals surface area contributed by atoms with Gasteiger partial charge in [0.25, 0.3) is 0 Å². The topological polar surface area (TPSA) is 40.1 Å². The number of hydrogen-bond donors (Lipinski definition) is 1. The van der Waals surface area contributed by atoms with Crippen molar-refractivity contribution in [3.8, 4) is 0 Å². The van der Waals surface area contributed by atoms with Crippen LogP contribution in [0, 0.1) is 11.8 Å². The molecule has 0 aliphatic carbocycles. The summed E-state index contributed by atoms with van der Waals surface area (Å²) in [6.07, 6.45) is 2.51. The summed E-state index contributed by atoms with van der Waals surface area (Å²) in [5, 5.41) is 3.54. The van der Waals surface area contributed by atoms with Crippen LogP contribution in [0.15, 0.2) is 4.99 Å². The minimum atomic E-state index is 0. The van der Waals surface area contributed by atoms with E-state index in [1.54, 1.807) is 7.11 Å². The molecule has 0 amide bonds. The average molecular weight is 396 g/mol. The van der Waals surface area contributed by atoms with Gasteiger partial charge >= 0.3 is 0 Å². The largest absolute Gasteiger partial charge is 0.384 e. The fraction of sp³-hybridized carbons (Fsp3) is 0.929. The second kappa shape index (κ2) is 9.04. The Morgan fingerprint density at radius 1 is 1.25 bits per heavy atom. The molecule has 2 unspecified atom stereocenters. The number of aliphatic imine (C=N–C) groups is 1. The van der Waals surface area contributed by atoms with E-state index in [2.05, 4.69) is 27.2 Å². The molecule has 5 nitrogen and oxygen atoms in total. The van der Waals surface area contributed by atoms with Gasteiger partial charge in [0.2, 0.25) is 0 Å². The number of nitrogens with one attached hydrogen (secondary N) is 1. The summed E-state index contributed by atoms with van der Waals surface area (Å²) in [4.78, 5) is 9.19. The Labute approximate surface area is 140 Å². The summed E-state index contributed by atoms with van der Waals surface area (Å²) < 4.78 is 5.25. The van der Waals surface area contributed by atoms with Gasteiger partial charge in [0.05, 0.1) is 6.61 Å². The third kappa shape index (κ3) is 5.04. The van der Waals surface area contributed by atoms with E-state index in [9.17, 15) is 0 Å². The van der Waals surface area contributed by atoms with Gasteiger partial charge in [0, 0.05) is 46.3 Å². The molecular weight excluding hydrogens is 367 g/mol. The van der Waals surface area contributed by atoms with Crippen molar-refractivity contribution in [3.05, 3.63) is 0 Å². The van der Waals surface area contributed by atoms with Crippen LogP contribution < -0.4 is 5.32 Å². The van der Waals surface area contributed by atoms with Crippen molar-refractivity contribution in [1.82, 2.24) is 15.1 Å². The van der Waals surface area contributed by atoms with Gasteiger partial charge in [-0.1, -0.05) is 0 Å². The Kier molecular flexibility index (Phi) is 8.13. The normalized spacial score (nSPS) is 27.8. The third-order valence-corrected chi connectivity index (χ3v) is 4.24. The summed E-state index contributed by atoms with van der Waals surface area (Å²) in [5.74, 6) is 2.48. The van der Waals surface area contributed by atoms with Crippen molar-refractivity contribution in [1.29, 1.82) is 0 Å².